The maximum absolute atomic E-state index is 12.6. The first-order valence-corrected chi connectivity index (χ1v) is 5.58. The molecule has 5 nitrogen and oxygen atoms in total. The van der Waals surface area contributed by atoms with E-state index in [0.29, 0.717) is 6.07 Å². The lowest BCUT2D eigenvalue weighted by Crippen LogP contribution is -2.32. The number of halogens is 3. The van der Waals surface area contributed by atoms with Crippen molar-refractivity contribution in [3.05, 3.63) is 29.3 Å². The number of hydrogen-bond donors (Lipinski definition) is 2. The van der Waals surface area contributed by atoms with Gasteiger partial charge in [-0.15, -0.1) is 6.42 Å². The van der Waals surface area contributed by atoms with E-state index in [1.54, 1.807) is 0 Å². The zero-order valence-electron chi connectivity index (χ0n) is 10.6. The Morgan fingerprint density at radius 1 is 1.38 bits per heavy atom. The molecule has 0 saturated heterocycles. The molecule has 0 aliphatic heterocycles. The van der Waals surface area contributed by atoms with E-state index in [-0.39, 0.29) is 12.2 Å². The fraction of sp³-hybridized carbons (Fsp3) is 0.231. The Morgan fingerprint density at radius 3 is 2.43 bits per heavy atom. The van der Waals surface area contributed by atoms with Crippen LogP contribution in [-0.2, 0) is 11.0 Å². The monoisotopic (exact) mass is 300 g/mol. The number of anilines is 1. The van der Waals surface area contributed by atoms with Crippen molar-refractivity contribution in [1.82, 2.24) is 0 Å². The maximum Gasteiger partial charge on any atom is 0.416 e. The van der Waals surface area contributed by atoms with Crippen LogP contribution >= 0.6 is 0 Å². The number of carbonyl (C=O) groups is 2. The minimum absolute atomic E-state index is 0.0594. The molecular weight excluding hydrogens is 289 g/mol. The lowest BCUT2D eigenvalue weighted by Gasteiger charge is -2.23. The van der Waals surface area contributed by atoms with Gasteiger partial charge >= 0.3 is 12.1 Å². The van der Waals surface area contributed by atoms with Gasteiger partial charge in [0.1, 0.15) is 6.54 Å². The van der Waals surface area contributed by atoms with E-state index in [2.05, 4.69) is 5.92 Å². The van der Waals surface area contributed by atoms with Crippen LogP contribution in [0.2, 0.25) is 0 Å². The van der Waals surface area contributed by atoms with E-state index in [9.17, 15) is 22.8 Å². The molecule has 0 bridgehead atoms. The van der Waals surface area contributed by atoms with Crippen LogP contribution in [0.25, 0.3) is 0 Å². The Labute approximate surface area is 118 Å². The van der Waals surface area contributed by atoms with Crippen molar-refractivity contribution >= 4 is 17.6 Å². The van der Waals surface area contributed by atoms with E-state index in [0.717, 1.165) is 17.0 Å². The van der Waals surface area contributed by atoms with Crippen LogP contribution in [0.1, 0.15) is 15.9 Å². The van der Waals surface area contributed by atoms with Gasteiger partial charge in [-0.05, 0) is 18.2 Å². The van der Waals surface area contributed by atoms with Crippen LogP contribution in [0.3, 0.4) is 0 Å². The highest BCUT2D eigenvalue weighted by atomic mass is 19.4. The average Bonchev–Trinajstić information content (AvgIpc) is 2.36. The summed E-state index contributed by atoms with van der Waals surface area (Å²) in [5, 5.41) is 8.78. The van der Waals surface area contributed by atoms with Crippen LogP contribution in [0.4, 0.5) is 18.9 Å². The van der Waals surface area contributed by atoms with Gasteiger partial charge < -0.3 is 15.7 Å². The highest BCUT2D eigenvalue weighted by Gasteiger charge is 2.32. The van der Waals surface area contributed by atoms with Gasteiger partial charge in [0, 0.05) is 0 Å². The van der Waals surface area contributed by atoms with E-state index in [4.69, 9.17) is 17.3 Å². The van der Waals surface area contributed by atoms with E-state index < -0.39 is 35.7 Å². The molecule has 0 aromatic heterocycles. The maximum atomic E-state index is 12.6. The highest BCUT2D eigenvalue weighted by molar-refractivity contribution is 5.99. The molecule has 1 aromatic carbocycles. The van der Waals surface area contributed by atoms with Crippen molar-refractivity contribution < 1.29 is 27.9 Å². The topological polar surface area (TPSA) is 83.6 Å². The highest BCUT2D eigenvalue weighted by Crippen LogP contribution is 2.32. The number of rotatable bonds is 5. The summed E-state index contributed by atoms with van der Waals surface area (Å²) in [6.07, 6.45) is 0.441. The van der Waals surface area contributed by atoms with Crippen molar-refractivity contribution in [1.29, 1.82) is 0 Å². The van der Waals surface area contributed by atoms with Gasteiger partial charge in [-0.25, -0.2) is 0 Å². The van der Waals surface area contributed by atoms with Crippen LogP contribution in [-0.4, -0.2) is 30.1 Å². The van der Waals surface area contributed by atoms with E-state index >= 15 is 0 Å². The number of aliphatic carboxylic acids is 1. The molecule has 0 saturated carbocycles. The summed E-state index contributed by atoms with van der Waals surface area (Å²) in [5.74, 6) is -0.186. The summed E-state index contributed by atoms with van der Waals surface area (Å²) in [6, 6.07) is 2.28. The van der Waals surface area contributed by atoms with Crippen molar-refractivity contribution in [3.63, 3.8) is 0 Å². The quantitative estimate of drug-likeness (QED) is 0.804. The standard InChI is InChI=1S/C13H11F3N2O3/c1-2-5-18(7-11(19)20)10-4-3-8(13(14,15)16)6-9(10)12(17)21/h1,3-4,6H,5,7H2,(H2,17,21)(H,19,20). The predicted octanol–water partition coefficient (Wildman–Crippen LogP) is 1.33. The lowest BCUT2D eigenvalue weighted by molar-refractivity contribution is -0.138. The normalized spacial score (nSPS) is 10.8. The molecule has 0 spiro atoms. The zero-order chi connectivity index (χ0) is 16.2. The third kappa shape index (κ3) is 4.14. The van der Waals surface area contributed by atoms with Gasteiger partial charge in [0.05, 0.1) is 23.4 Å². The van der Waals surface area contributed by atoms with Gasteiger partial charge in [-0.1, -0.05) is 5.92 Å². The molecule has 1 aromatic rings. The fourth-order valence-corrected chi connectivity index (χ4v) is 1.69. The summed E-state index contributed by atoms with van der Waals surface area (Å²) in [5.41, 5.74) is 3.50. The number of carbonyl (C=O) groups excluding carboxylic acids is 1. The number of terminal acetylenes is 1. The van der Waals surface area contributed by atoms with Gasteiger partial charge in [0.25, 0.3) is 5.91 Å². The largest absolute Gasteiger partial charge is 0.480 e. The van der Waals surface area contributed by atoms with Crippen LogP contribution < -0.4 is 10.6 Å². The smallest absolute Gasteiger partial charge is 0.416 e. The van der Waals surface area contributed by atoms with Crippen molar-refractivity contribution in [2.45, 2.75) is 6.18 Å². The molecule has 0 aliphatic carbocycles. The second-order valence-corrected chi connectivity index (χ2v) is 4.05. The van der Waals surface area contributed by atoms with E-state index in [1.165, 1.54) is 0 Å². The molecule has 0 unspecified atom stereocenters. The predicted molar refractivity (Wildman–Crippen MR) is 68.6 cm³/mol. The van der Waals surface area contributed by atoms with Crippen molar-refractivity contribution in [3.8, 4) is 12.3 Å². The van der Waals surface area contributed by atoms with Gasteiger partial charge in [0.2, 0.25) is 0 Å². The second kappa shape index (κ2) is 6.17. The molecule has 3 N–H and O–H groups in total. The van der Waals surface area contributed by atoms with Crippen LogP contribution in [0.5, 0.6) is 0 Å². The second-order valence-electron chi connectivity index (χ2n) is 4.05. The molecule has 0 fully saturated rings. The fourth-order valence-electron chi connectivity index (χ4n) is 1.69. The number of primary amides is 1. The first-order valence-electron chi connectivity index (χ1n) is 5.58. The van der Waals surface area contributed by atoms with Gasteiger partial charge in [0.15, 0.2) is 0 Å². The number of carboxylic acid groups (broad SMARTS) is 1. The summed E-state index contributed by atoms with van der Waals surface area (Å²) in [4.78, 5) is 23.2. The molecule has 21 heavy (non-hydrogen) atoms. The third-order valence-electron chi connectivity index (χ3n) is 2.54. The van der Waals surface area contributed by atoms with Gasteiger partial charge in [-0.2, -0.15) is 13.2 Å². The number of amides is 1. The first-order chi connectivity index (χ1) is 9.66. The lowest BCUT2D eigenvalue weighted by atomic mass is 10.1. The Kier molecular flexibility index (Phi) is 4.81. The van der Waals surface area contributed by atoms with Gasteiger partial charge in [-0.3, -0.25) is 9.59 Å². The first kappa shape index (κ1) is 16.4. The van der Waals surface area contributed by atoms with Crippen LogP contribution in [0, 0.1) is 12.3 Å². The zero-order valence-corrected chi connectivity index (χ0v) is 10.6. The summed E-state index contributed by atoms with van der Waals surface area (Å²) in [7, 11) is 0. The number of nitrogens with zero attached hydrogens (tertiary/aromatic N) is 1. The van der Waals surface area contributed by atoms with Crippen LogP contribution in [0.15, 0.2) is 18.2 Å². The molecule has 112 valence electrons. The molecule has 0 aliphatic rings. The minimum Gasteiger partial charge on any atom is -0.480 e. The molecule has 8 heteroatoms. The summed E-state index contributed by atoms with van der Waals surface area (Å²) < 4.78 is 37.9. The van der Waals surface area contributed by atoms with Crippen molar-refractivity contribution in [2.75, 3.05) is 18.0 Å². The Balaban J connectivity index is 3.37. The minimum atomic E-state index is -4.65. The number of benzene rings is 1. The number of carboxylic acids is 1. The molecule has 0 atom stereocenters. The molecule has 1 amide bonds. The van der Waals surface area contributed by atoms with Crippen molar-refractivity contribution in [2.24, 2.45) is 5.73 Å². The number of alkyl halides is 3. The third-order valence-corrected chi connectivity index (χ3v) is 2.54. The Bertz CT molecular complexity index is 606. The Morgan fingerprint density at radius 2 is 2.00 bits per heavy atom. The molecule has 1 rings (SSSR count). The number of nitrogens with two attached hydrogens (primary N) is 1. The Hall–Kier alpha value is -2.69. The molecule has 0 radical (unpaired) electrons. The molecule has 0 heterocycles. The SMILES string of the molecule is C#CCN(CC(=O)O)c1ccc(C(F)(F)F)cc1C(N)=O. The summed E-state index contributed by atoms with van der Waals surface area (Å²) >= 11 is 0. The van der Waals surface area contributed by atoms with E-state index in [1.807, 2.05) is 0 Å². The molecular formula is C13H11F3N2O3. The summed E-state index contributed by atoms with van der Waals surface area (Å²) in [6.45, 7) is -0.770. The average molecular weight is 300 g/mol. The number of hydrogen-bond acceptors (Lipinski definition) is 3.